The van der Waals surface area contributed by atoms with Gasteiger partial charge in [0.2, 0.25) is 5.91 Å². The summed E-state index contributed by atoms with van der Waals surface area (Å²) in [5, 5.41) is -0.0680. The van der Waals surface area contributed by atoms with E-state index in [1.165, 1.54) is 5.69 Å². The van der Waals surface area contributed by atoms with Gasteiger partial charge in [0.25, 0.3) is 0 Å². The molecule has 2 aliphatic heterocycles. The predicted molar refractivity (Wildman–Crippen MR) is 99.1 cm³/mol. The van der Waals surface area contributed by atoms with E-state index in [1.807, 2.05) is 4.90 Å². The normalized spacial score (nSPS) is 26.1. The van der Waals surface area contributed by atoms with Crippen LogP contribution in [0.2, 0.25) is 0 Å². The summed E-state index contributed by atoms with van der Waals surface area (Å²) in [5.74, 6) is 0.784. The van der Waals surface area contributed by atoms with Crippen LogP contribution in [0.5, 0.6) is 0 Å². The summed E-state index contributed by atoms with van der Waals surface area (Å²) in [4.78, 5) is 16.4. The van der Waals surface area contributed by atoms with Gasteiger partial charge in [0.1, 0.15) is 5.37 Å². The summed E-state index contributed by atoms with van der Waals surface area (Å²) < 4.78 is 23.6. The van der Waals surface area contributed by atoms with E-state index in [2.05, 4.69) is 43.0 Å². The van der Waals surface area contributed by atoms with Gasteiger partial charge in [-0.1, -0.05) is 12.1 Å². The molecule has 2 saturated heterocycles. The van der Waals surface area contributed by atoms with Gasteiger partial charge in [0.15, 0.2) is 9.84 Å². The first-order valence-corrected chi connectivity index (χ1v) is 11.3. The zero-order chi connectivity index (χ0) is 17.3. The average molecular weight is 369 g/mol. The molecule has 0 aliphatic carbocycles. The molecule has 0 bridgehead atoms. The molecule has 7 heteroatoms. The molecule has 0 radical (unpaired) electrons. The number of anilines is 1. The molecular formula is C17H24N2O3S2. The Morgan fingerprint density at radius 3 is 2.42 bits per heavy atom. The largest absolute Gasteiger partial charge is 0.372 e. The number of nitrogens with zero attached hydrogens (tertiary/aromatic N) is 2. The summed E-state index contributed by atoms with van der Waals surface area (Å²) in [6.45, 7) is 6.17. The van der Waals surface area contributed by atoms with Gasteiger partial charge in [-0.2, -0.15) is 0 Å². The number of benzene rings is 1. The van der Waals surface area contributed by atoms with Crippen molar-refractivity contribution in [3.8, 4) is 0 Å². The summed E-state index contributed by atoms with van der Waals surface area (Å²) in [5.41, 5.74) is 2.25. The highest BCUT2D eigenvalue weighted by Gasteiger charge is 2.42. The second kappa shape index (κ2) is 6.96. The average Bonchev–Trinajstić information content (AvgIpc) is 3.11. The summed E-state index contributed by atoms with van der Waals surface area (Å²) in [7, 11) is -3.00. The monoisotopic (exact) mass is 368 g/mol. The van der Waals surface area contributed by atoms with Crippen molar-refractivity contribution in [1.29, 1.82) is 0 Å². The van der Waals surface area contributed by atoms with Crippen LogP contribution in [0, 0.1) is 0 Å². The lowest BCUT2D eigenvalue weighted by Gasteiger charge is -2.30. The molecule has 5 nitrogen and oxygen atoms in total. The molecule has 132 valence electrons. The molecule has 0 spiro atoms. The molecule has 2 atom stereocenters. The van der Waals surface area contributed by atoms with Crippen LogP contribution in [0.1, 0.15) is 31.2 Å². The van der Waals surface area contributed by atoms with E-state index in [9.17, 15) is 13.2 Å². The third kappa shape index (κ3) is 3.42. The number of hydrogen-bond acceptors (Lipinski definition) is 5. The van der Waals surface area contributed by atoms with E-state index in [-0.39, 0.29) is 28.8 Å². The van der Waals surface area contributed by atoms with Crippen molar-refractivity contribution in [2.75, 3.05) is 35.2 Å². The first kappa shape index (κ1) is 17.6. The lowest BCUT2D eigenvalue weighted by Crippen LogP contribution is -2.39. The summed E-state index contributed by atoms with van der Waals surface area (Å²) in [6, 6.07) is 8.15. The Balaban J connectivity index is 1.81. The van der Waals surface area contributed by atoms with Crippen molar-refractivity contribution in [2.45, 2.75) is 31.7 Å². The van der Waals surface area contributed by atoms with Crippen LogP contribution >= 0.6 is 11.8 Å². The van der Waals surface area contributed by atoms with Gasteiger partial charge < -0.3 is 9.80 Å². The SMILES string of the molecule is CCN(CC)c1ccc(C2SCC(=O)N2C2CCS(=O)(=O)C2)cc1. The maximum Gasteiger partial charge on any atom is 0.234 e. The molecule has 0 N–H and O–H groups in total. The predicted octanol–water partition coefficient (Wildman–Crippen LogP) is 2.29. The maximum absolute atomic E-state index is 12.3. The van der Waals surface area contributed by atoms with E-state index in [0.717, 1.165) is 18.7 Å². The number of thioether (sulfide) groups is 1. The number of carbonyl (C=O) groups excluding carboxylic acids is 1. The van der Waals surface area contributed by atoms with E-state index >= 15 is 0 Å². The number of carbonyl (C=O) groups is 1. The van der Waals surface area contributed by atoms with Crippen LogP contribution in [0.25, 0.3) is 0 Å². The Kier molecular flexibility index (Phi) is 5.11. The Morgan fingerprint density at radius 1 is 1.21 bits per heavy atom. The van der Waals surface area contributed by atoms with Gasteiger partial charge in [0.05, 0.1) is 17.3 Å². The minimum Gasteiger partial charge on any atom is -0.372 e. The zero-order valence-corrected chi connectivity index (χ0v) is 15.8. The topological polar surface area (TPSA) is 57.7 Å². The Bertz CT molecular complexity index is 699. The van der Waals surface area contributed by atoms with Crippen LogP contribution in [0.15, 0.2) is 24.3 Å². The van der Waals surface area contributed by atoms with Gasteiger partial charge >= 0.3 is 0 Å². The Hall–Kier alpha value is -1.21. The van der Waals surface area contributed by atoms with Crippen molar-refractivity contribution < 1.29 is 13.2 Å². The highest BCUT2D eigenvalue weighted by molar-refractivity contribution is 8.00. The van der Waals surface area contributed by atoms with Crippen molar-refractivity contribution in [3.63, 3.8) is 0 Å². The van der Waals surface area contributed by atoms with Crippen LogP contribution in [-0.2, 0) is 14.6 Å². The first-order chi connectivity index (χ1) is 11.4. The van der Waals surface area contributed by atoms with Gasteiger partial charge in [-0.15, -0.1) is 11.8 Å². The van der Waals surface area contributed by atoms with Crippen LogP contribution in [0.4, 0.5) is 5.69 Å². The minimum absolute atomic E-state index is 0.0555. The molecule has 2 heterocycles. The molecule has 24 heavy (non-hydrogen) atoms. The standard InChI is InChI=1S/C17H24N2O3S2/c1-3-18(4-2)14-7-5-13(6-8-14)17-19(16(20)11-23-17)15-9-10-24(21,22)12-15/h5-8,15,17H,3-4,9-12H2,1-2H3. The smallest absolute Gasteiger partial charge is 0.234 e. The highest BCUT2D eigenvalue weighted by Crippen LogP contribution is 2.42. The summed E-state index contributed by atoms with van der Waals surface area (Å²) >= 11 is 1.59. The molecule has 1 aromatic carbocycles. The number of hydrogen-bond donors (Lipinski definition) is 0. The number of sulfone groups is 1. The van der Waals surface area contributed by atoms with Crippen molar-refractivity contribution in [2.24, 2.45) is 0 Å². The molecule has 3 rings (SSSR count). The van der Waals surface area contributed by atoms with Crippen molar-refractivity contribution in [3.05, 3.63) is 29.8 Å². The van der Waals surface area contributed by atoms with Crippen LogP contribution < -0.4 is 4.90 Å². The molecule has 1 amide bonds. The zero-order valence-electron chi connectivity index (χ0n) is 14.1. The van der Waals surface area contributed by atoms with Crippen molar-refractivity contribution >= 4 is 33.2 Å². The van der Waals surface area contributed by atoms with Crippen LogP contribution in [0.3, 0.4) is 0 Å². The van der Waals surface area contributed by atoms with E-state index in [1.54, 1.807) is 11.8 Å². The van der Waals surface area contributed by atoms with Gasteiger partial charge in [-0.25, -0.2) is 8.42 Å². The maximum atomic E-state index is 12.3. The lowest BCUT2D eigenvalue weighted by molar-refractivity contribution is -0.129. The Labute approximate surface area is 148 Å². The van der Waals surface area contributed by atoms with Gasteiger partial charge in [-0.3, -0.25) is 4.79 Å². The molecule has 0 saturated carbocycles. The third-order valence-corrected chi connectivity index (χ3v) is 7.79. The fraction of sp³-hybridized carbons (Fsp3) is 0.588. The fourth-order valence-electron chi connectivity index (χ4n) is 3.52. The van der Waals surface area contributed by atoms with E-state index in [0.29, 0.717) is 12.2 Å². The summed E-state index contributed by atoms with van der Waals surface area (Å²) in [6.07, 6.45) is 0.558. The number of rotatable bonds is 5. The van der Waals surface area contributed by atoms with Crippen LogP contribution in [-0.4, -0.2) is 55.6 Å². The van der Waals surface area contributed by atoms with Gasteiger partial charge in [0, 0.05) is 24.8 Å². The molecule has 2 unspecified atom stereocenters. The molecule has 2 aliphatic rings. The second-order valence-electron chi connectivity index (χ2n) is 6.29. The minimum atomic E-state index is -3.00. The fourth-order valence-corrected chi connectivity index (χ4v) is 6.48. The highest BCUT2D eigenvalue weighted by atomic mass is 32.2. The third-order valence-electron chi connectivity index (χ3n) is 4.81. The molecule has 1 aromatic rings. The molecule has 0 aromatic heterocycles. The molecule has 2 fully saturated rings. The molecular weight excluding hydrogens is 344 g/mol. The van der Waals surface area contributed by atoms with Crippen molar-refractivity contribution in [1.82, 2.24) is 4.90 Å². The number of amides is 1. The second-order valence-corrected chi connectivity index (χ2v) is 9.58. The van der Waals surface area contributed by atoms with E-state index in [4.69, 9.17) is 0 Å². The van der Waals surface area contributed by atoms with E-state index < -0.39 is 9.84 Å². The quantitative estimate of drug-likeness (QED) is 0.798. The Morgan fingerprint density at radius 2 is 1.88 bits per heavy atom. The lowest BCUT2D eigenvalue weighted by atomic mass is 10.1. The van der Waals surface area contributed by atoms with Gasteiger partial charge in [-0.05, 0) is 38.0 Å². The first-order valence-electron chi connectivity index (χ1n) is 8.43.